The Morgan fingerprint density at radius 3 is 0.968 bits per heavy atom. The van der Waals surface area contributed by atoms with Crippen LogP contribution in [0.15, 0.2) is 115 Å². The van der Waals surface area contributed by atoms with Crippen LogP contribution in [0, 0.1) is 10.1 Å². The highest BCUT2D eigenvalue weighted by Gasteiger charge is 2.09. The van der Waals surface area contributed by atoms with E-state index in [2.05, 4.69) is 0 Å². The number of nitro groups is 1. The van der Waals surface area contributed by atoms with E-state index in [1.54, 1.807) is 72.8 Å². The van der Waals surface area contributed by atoms with Crippen molar-refractivity contribution in [2.45, 2.75) is 0 Å². The molecule has 0 unspecified atom stereocenters. The topological polar surface area (TPSA) is 124 Å². The van der Waals surface area contributed by atoms with E-state index in [-0.39, 0.29) is 11.4 Å². The minimum atomic E-state index is -0.630. The Labute approximate surface area is 179 Å². The smallest absolute Gasteiger partial charge is 0.310 e. The lowest BCUT2D eigenvalue weighted by Gasteiger charge is -1.91. The molecule has 0 atom stereocenters. The lowest BCUT2D eigenvalue weighted by Crippen LogP contribution is -1.86. The molecule has 0 amide bonds. The molecular weight excluding hydrogens is 398 g/mol. The van der Waals surface area contributed by atoms with Crippen LogP contribution in [0.25, 0.3) is 0 Å². The van der Waals surface area contributed by atoms with Gasteiger partial charge in [-0.3, -0.25) is 10.1 Å². The van der Waals surface area contributed by atoms with Crippen LogP contribution < -0.4 is 0 Å². The van der Waals surface area contributed by atoms with Crippen molar-refractivity contribution in [1.82, 2.24) is 0 Å². The zero-order chi connectivity index (χ0) is 22.9. The molecule has 0 aliphatic heterocycles. The van der Waals surface area contributed by atoms with Crippen molar-refractivity contribution >= 4 is 5.69 Å². The molecule has 0 spiro atoms. The Morgan fingerprint density at radius 2 is 0.774 bits per heavy atom. The molecule has 0 aromatic heterocycles. The molecule has 7 nitrogen and oxygen atoms in total. The second-order valence-corrected chi connectivity index (χ2v) is 5.75. The first-order valence-electron chi connectivity index (χ1n) is 9.04. The minimum absolute atomic E-state index is 0.262. The highest BCUT2D eigenvalue weighted by Crippen LogP contribution is 2.23. The van der Waals surface area contributed by atoms with Gasteiger partial charge >= 0.3 is 5.69 Å². The van der Waals surface area contributed by atoms with E-state index in [0.29, 0.717) is 17.2 Å². The average molecular weight is 421 g/mol. The fraction of sp³-hybridized carbons (Fsp3) is 0. The van der Waals surface area contributed by atoms with Crippen LogP contribution in [-0.2, 0) is 0 Å². The third-order valence-corrected chi connectivity index (χ3v) is 3.35. The number of nitrogens with zero attached hydrogens (tertiary/aromatic N) is 1. The lowest BCUT2D eigenvalue weighted by atomic mass is 10.3. The molecular formula is C24H23NO6. The summed E-state index contributed by atoms with van der Waals surface area (Å²) in [6, 6.07) is 31.7. The molecule has 4 aromatic rings. The number of benzene rings is 4. The third-order valence-electron chi connectivity index (χ3n) is 3.35. The first kappa shape index (κ1) is 24.5. The van der Waals surface area contributed by atoms with Gasteiger partial charge in [0, 0.05) is 6.07 Å². The van der Waals surface area contributed by atoms with Crippen LogP contribution in [0.1, 0.15) is 0 Å². The molecule has 4 N–H and O–H groups in total. The van der Waals surface area contributed by atoms with Crippen molar-refractivity contribution in [3.63, 3.8) is 0 Å². The number of rotatable bonds is 1. The van der Waals surface area contributed by atoms with Gasteiger partial charge in [-0.25, -0.2) is 0 Å². The SMILES string of the molecule is O=[N+]([O-])c1ccccc1O.Oc1ccccc1.Oc1ccccc1.Oc1ccccc1. The number of para-hydroxylation sites is 5. The molecule has 31 heavy (non-hydrogen) atoms. The standard InChI is InChI=1S/C6H5NO3.3C6H6O/c8-6-4-2-1-3-5(6)7(9)10;3*7-6-4-2-1-3-5-6/h1-4,8H;3*1-5,7H. The Morgan fingerprint density at radius 1 is 0.484 bits per heavy atom. The summed E-state index contributed by atoms with van der Waals surface area (Å²) in [7, 11) is 0. The van der Waals surface area contributed by atoms with Gasteiger partial charge in [-0.2, -0.15) is 0 Å². The highest BCUT2D eigenvalue weighted by atomic mass is 16.6. The van der Waals surface area contributed by atoms with Gasteiger partial charge in [0.1, 0.15) is 17.2 Å². The van der Waals surface area contributed by atoms with Crippen molar-refractivity contribution in [1.29, 1.82) is 0 Å². The number of aromatic hydroxyl groups is 4. The van der Waals surface area contributed by atoms with Crippen LogP contribution >= 0.6 is 0 Å². The number of nitro benzene ring substituents is 1. The molecule has 160 valence electrons. The first-order chi connectivity index (χ1) is 14.9. The van der Waals surface area contributed by atoms with E-state index in [1.807, 2.05) is 18.2 Å². The second kappa shape index (κ2) is 14.5. The number of hydrogen-bond donors (Lipinski definition) is 4. The predicted octanol–water partition coefficient (Wildman–Crippen LogP) is 5.48. The summed E-state index contributed by atoms with van der Waals surface area (Å²) in [4.78, 5) is 9.44. The van der Waals surface area contributed by atoms with Gasteiger partial charge in [-0.1, -0.05) is 66.7 Å². The molecule has 0 saturated heterocycles. The van der Waals surface area contributed by atoms with Gasteiger partial charge < -0.3 is 20.4 Å². The molecule has 0 fully saturated rings. The number of hydrogen-bond acceptors (Lipinski definition) is 6. The van der Waals surface area contributed by atoms with Crippen LogP contribution in [0.5, 0.6) is 23.0 Å². The van der Waals surface area contributed by atoms with Gasteiger partial charge in [0.2, 0.25) is 0 Å². The van der Waals surface area contributed by atoms with Gasteiger partial charge in [0.05, 0.1) is 4.92 Å². The highest BCUT2D eigenvalue weighted by molar-refractivity contribution is 5.44. The monoisotopic (exact) mass is 421 g/mol. The quantitative estimate of drug-likeness (QED) is 0.238. The lowest BCUT2D eigenvalue weighted by molar-refractivity contribution is -0.385. The van der Waals surface area contributed by atoms with Crippen LogP contribution in [0.2, 0.25) is 0 Å². The Balaban J connectivity index is 0.000000209. The zero-order valence-electron chi connectivity index (χ0n) is 16.5. The maximum absolute atomic E-state index is 10.1. The molecule has 4 rings (SSSR count). The molecule has 7 heteroatoms. The minimum Gasteiger partial charge on any atom is -0.508 e. The van der Waals surface area contributed by atoms with Crippen molar-refractivity contribution in [2.24, 2.45) is 0 Å². The van der Waals surface area contributed by atoms with Crippen molar-refractivity contribution < 1.29 is 25.3 Å². The Hall–Kier alpha value is -4.52. The number of phenols is 4. The predicted molar refractivity (Wildman–Crippen MR) is 119 cm³/mol. The second-order valence-electron chi connectivity index (χ2n) is 5.75. The maximum Gasteiger partial charge on any atom is 0.310 e. The largest absolute Gasteiger partial charge is 0.508 e. The zero-order valence-corrected chi connectivity index (χ0v) is 16.5. The van der Waals surface area contributed by atoms with E-state index in [4.69, 9.17) is 20.4 Å². The third kappa shape index (κ3) is 11.8. The van der Waals surface area contributed by atoms with Crippen LogP contribution in [0.3, 0.4) is 0 Å². The summed E-state index contributed by atoms with van der Waals surface area (Å²) in [6.45, 7) is 0. The summed E-state index contributed by atoms with van der Waals surface area (Å²) in [5.41, 5.74) is -0.262. The molecule has 0 aliphatic rings. The van der Waals surface area contributed by atoms with E-state index in [0.717, 1.165) is 0 Å². The van der Waals surface area contributed by atoms with Gasteiger partial charge in [0.25, 0.3) is 0 Å². The first-order valence-corrected chi connectivity index (χ1v) is 9.04. The summed E-state index contributed by atoms with van der Waals surface area (Å²) < 4.78 is 0. The van der Waals surface area contributed by atoms with Gasteiger partial charge in [-0.15, -0.1) is 0 Å². The molecule has 0 radical (unpaired) electrons. The van der Waals surface area contributed by atoms with Crippen LogP contribution in [-0.4, -0.2) is 25.3 Å². The van der Waals surface area contributed by atoms with Crippen molar-refractivity contribution in [3.8, 4) is 23.0 Å². The fourth-order valence-electron chi connectivity index (χ4n) is 1.90. The molecule has 0 aliphatic carbocycles. The summed E-state index contributed by atoms with van der Waals surface area (Å²) >= 11 is 0. The summed E-state index contributed by atoms with van der Waals surface area (Å²) in [5.74, 6) is 0.667. The molecule has 0 bridgehead atoms. The average Bonchev–Trinajstić information content (AvgIpc) is 2.77. The molecule has 4 aromatic carbocycles. The van der Waals surface area contributed by atoms with Crippen LogP contribution in [0.4, 0.5) is 5.69 Å². The fourth-order valence-corrected chi connectivity index (χ4v) is 1.90. The summed E-state index contributed by atoms with van der Waals surface area (Å²) in [5, 5.41) is 44.8. The van der Waals surface area contributed by atoms with E-state index >= 15 is 0 Å². The maximum atomic E-state index is 10.1. The van der Waals surface area contributed by atoms with Crippen molar-refractivity contribution in [3.05, 3.63) is 125 Å². The van der Waals surface area contributed by atoms with E-state index in [1.165, 1.54) is 24.3 Å². The Kier molecular flexibility index (Phi) is 11.4. The normalized spacial score (nSPS) is 8.77. The van der Waals surface area contributed by atoms with E-state index in [9.17, 15) is 10.1 Å². The molecule has 0 heterocycles. The summed E-state index contributed by atoms with van der Waals surface area (Å²) in [6.07, 6.45) is 0. The van der Waals surface area contributed by atoms with Gasteiger partial charge in [0.15, 0.2) is 5.75 Å². The van der Waals surface area contributed by atoms with Crippen molar-refractivity contribution in [2.75, 3.05) is 0 Å². The van der Waals surface area contributed by atoms with Gasteiger partial charge in [-0.05, 0) is 42.5 Å². The molecule has 0 saturated carbocycles. The number of phenolic OH excluding ortho intramolecular Hbond substituents is 4. The Bertz CT molecular complexity index is 907. The van der Waals surface area contributed by atoms with E-state index < -0.39 is 4.92 Å².